The lowest BCUT2D eigenvalue weighted by molar-refractivity contribution is 0.408. The van der Waals surface area contributed by atoms with Crippen molar-refractivity contribution in [3.05, 3.63) is 57.1 Å². The van der Waals surface area contributed by atoms with Gasteiger partial charge in [-0.3, -0.25) is 0 Å². The van der Waals surface area contributed by atoms with Crippen LogP contribution in [0.3, 0.4) is 0 Å². The third-order valence-electron chi connectivity index (χ3n) is 3.51. The Morgan fingerprint density at radius 1 is 0.905 bits per heavy atom. The third kappa shape index (κ3) is 3.43. The van der Waals surface area contributed by atoms with Crippen LogP contribution in [0.5, 0.6) is 11.5 Å². The van der Waals surface area contributed by atoms with E-state index in [-0.39, 0.29) is 4.83 Å². The predicted molar refractivity (Wildman–Crippen MR) is 93.9 cm³/mol. The molecule has 0 N–H and O–H groups in total. The molecule has 21 heavy (non-hydrogen) atoms. The molecular weight excluding hydrogens is 396 g/mol. The van der Waals surface area contributed by atoms with Crippen LogP contribution in [0.4, 0.5) is 0 Å². The largest absolute Gasteiger partial charge is 0.496 e. The summed E-state index contributed by atoms with van der Waals surface area (Å²) in [5.74, 6) is 1.76. The molecule has 0 aliphatic heterocycles. The first-order chi connectivity index (χ1) is 9.97. The molecule has 0 aliphatic rings. The number of alkyl halides is 1. The molecule has 0 heterocycles. The third-order valence-corrected chi connectivity index (χ3v) is 5.39. The van der Waals surface area contributed by atoms with Crippen molar-refractivity contribution in [1.29, 1.82) is 0 Å². The molecule has 4 heteroatoms. The van der Waals surface area contributed by atoms with Crippen LogP contribution >= 0.6 is 31.9 Å². The number of hydrogen-bond donors (Lipinski definition) is 0. The molecule has 2 aromatic rings. The average molecular weight is 414 g/mol. The summed E-state index contributed by atoms with van der Waals surface area (Å²) in [5.41, 5.74) is 4.49. The molecule has 2 rings (SSSR count). The highest BCUT2D eigenvalue weighted by Gasteiger charge is 2.18. The normalized spacial score (nSPS) is 12.1. The Bertz CT molecular complexity index is 653. The van der Waals surface area contributed by atoms with E-state index in [4.69, 9.17) is 9.47 Å². The summed E-state index contributed by atoms with van der Waals surface area (Å²) in [6.45, 7) is 4.09. The second-order valence-electron chi connectivity index (χ2n) is 4.93. The predicted octanol–water partition coefficient (Wildman–Crippen LogP) is 5.57. The number of ether oxygens (including phenoxy) is 2. The van der Waals surface area contributed by atoms with Gasteiger partial charge in [-0.25, -0.2) is 0 Å². The minimum atomic E-state index is 0.0406. The number of hydrogen-bond acceptors (Lipinski definition) is 2. The van der Waals surface area contributed by atoms with Crippen LogP contribution in [0.1, 0.15) is 27.1 Å². The summed E-state index contributed by atoms with van der Waals surface area (Å²) in [6.07, 6.45) is 0. The standard InChI is InChI=1S/C17H18Br2O2/c1-10-5-6-12(8-15(10)20-3)17(19)13-9-14(18)11(2)7-16(13)21-4/h5-9,17H,1-4H3. The summed E-state index contributed by atoms with van der Waals surface area (Å²) in [4.78, 5) is 0.0406. The molecule has 0 radical (unpaired) electrons. The first kappa shape index (κ1) is 16.4. The lowest BCUT2D eigenvalue weighted by Gasteiger charge is -2.17. The van der Waals surface area contributed by atoms with E-state index >= 15 is 0 Å². The van der Waals surface area contributed by atoms with Crippen molar-refractivity contribution < 1.29 is 9.47 Å². The first-order valence-electron chi connectivity index (χ1n) is 6.60. The van der Waals surface area contributed by atoms with E-state index in [9.17, 15) is 0 Å². The maximum atomic E-state index is 5.52. The Morgan fingerprint density at radius 2 is 1.57 bits per heavy atom. The highest BCUT2D eigenvalue weighted by atomic mass is 79.9. The maximum absolute atomic E-state index is 5.52. The van der Waals surface area contributed by atoms with E-state index in [1.54, 1.807) is 14.2 Å². The highest BCUT2D eigenvalue weighted by molar-refractivity contribution is 9.10. The number of rotatable bonds is 4. The van der Waals surface area contributed by atoms with Crippen molar-refractivity contribution in [3.8, 4) is 11.5 Å². The van der Waals surface area contributed by atoms with Gasteiger partial charge in [0.1, 0.15) is 11.5 Å². The summed E-state index contributed by atoms with van der Waals surface area (Å²) >= 11 is 7.36. The Hall–Kier alpha value is -1.00. The Labute approximate surface area is 142 Å². The van der Waals surface area contributed by atoms with E-state index in [0.29, 0.717) is 0 Å². The fourth-order valence-electron chi connectivity index (χ4n) is 2.22. The zero-order valence-electron chi connectivity index (χ0n) is 12.5. The highest BCUT2D eigenvalue weighted by Crippen LogP contribution is 2.40. The van der Waals surface area contributed by atoms with E-state index in [1.807, 2.05) is 13.0 Å². The van der Waals surface area contributed by atoms with Gasteiger partial charge in [-0.1, -0.05) is 44.0 Å². The number of benzene rings is 2. The minimum Gasteiger partial charge on any atom is -0.496 e. The molecule has 112 valence electrons. The lowest BCUT2D eigenvalue weighted by Crippen LogP contribution is -1.99. The quantitative estimate of drug-likeness (QED) is 0.610. The Kier molecular flexibility index (Phi) is 5.33. The molecule has 2 nitrogen and oxygen atoms in total. The molecule has 2 aromatic carbocycles. The van der Waals surface area contributed by atoms with Gasteiger partial charge in [0.15, 0.2) is 0 Å². The minimum absolute atomic E-state index is 0.0406. The number of aryl methyl sites for hydroxylation is 2. The van der Waals surface area contributed by atoms with Gasteiger partial charge in [0.05, 0.1) is 19.0 Å². The van der Waals surface area contributed by atoms with Crippen LogP contribution in [-0.2, 0) is 0 Å². The molecule has 0 spiro atoms. The Morgan fingerprint density at radius 3 is 2.19 bits per heavy atom. The van der Waals surface area contributed by atoms with Gasteiger partial charge >= 0.3 is 0 Å². The zero-order chi connectivity index (χ0) is 15.6. The van der Waals surface area contributed by atoms with Crippen molar-refractivity contribution >= 4 is 31.9 Å². The molecule has 0 aliphatic carbocycles. The SMILES string of the molecule is COc1cc(C(Br)c2cc(Br)c(C)cc2OC)ccc1C. The molecule has 0 saturated carbocycles. The zero-order valence-corrected chi connectivity index (χ0v) is 15.7. The van der Waals surface area contributed by atoms with Gasteiger partial charge < -0.3 is 9.47 Å². The van der Waals surface area contributed by atoms with E-state index in [1.165, 1.54) is 0 Å². The molecule has 0 bridgehead atoms. The van der Waals surface area contributed by atoms with E-state index < -0.39 is 0 Å². The van der Waals surface area contributed by atoms with Gasteiger partial charge in [0.25, 0.3) is 0 Å². The molecule has 1 unspecified atom stereocenters. The summed E-state index contributed by atoms with van der Waals surface area (Å²) in [6, 6.07) is 10.4. The summed E-state index contributed by atoms with van der Waals surface area (Å²) < 4.78 is 12.0. The summed E-state index contributed by atoms with van der Waals surface area (Å²) in [5, 5.41) is 0. The van der Waals surface area contributed by atoms with Crippen molar-refractivity contribution in [3.63, 3.8) is 0 Å². The second kappa shape index (κ2) is 6.84. The van der Waals surface area contributed by atoms with Gasteiger partial charge in [-0.05, 0) is 48.7 Å². The van der Waals surface area contributed by atoms with Crippen LogP contribution in [0, 0.1) is 13.8 Å². The number of methoxy groups -OCH3 is 2. The van der Waals surface area contributed by atoms with Crippen LogP contribution in [0.15, 0.2) is 34.8 Å². The molecular formula is C17H18Br2O2. The van der Waals surface area contributed by atoms with Crippen molar-refractivity contribution in [2.24, 2.45) is 0 Å². The van der Waals surface area contributed by atoms with Crippen LogP contribution in [0.2, 0.25) is 0 Å². The van der Waals surface area contributed by atoms with Crippen LogP contribution in [-0.4, -0.2) is 14.2 Å². The smallest absolute Gasteiger partial charge is 0.123 e. The average Bonchev–Trinajstić information content (AvgIpc) is 2.49. The topological polar surface area (TPSA) is 18.5 Å². The molecule has 0 saturated heterocycles. The monoisotopic (exact) mass is 412 g/mol. The molecule has 0 aromatic heterocycles. The number of halogens is 2. The van der Waals surface area contributed by atoms with Crippen LogP contribution in [0.25, 0.3) is 0 Å². The van der Waals surface area contributed by atoms with Gasteiger partial charge in [0.2, 0.25) is 0 Å². The lowest BCUT2D eigenvalue weighted by atomic mass is 10.0. The van der Waals surface area contributed by atoms with Gasteiger partial charge in [-0.15, -0.1) is 0 Å². The van der Waals surface area contributed by atoms with Gasteiger partial charge in [0, 0.05) is 10.0 Å². The maximum Gasteiger partial charge on any atom is 0.123 e. The molecule has 0 fully saturated rings. The molecule has 1 atom stereocenters. The fraction of sp³-hybridized carbons (Fsp3) is 0.294. The van der Waals surface area contributed by atoms with E-state index in [0.717, 1.165) is 38.2 Å². The first-order valence-corrected chi connectivity index (χ1v) is 8.31. The van der Waals surface area contributed by atoms with Gasteiger partial charge in [-0.2, -0.15) is 0 Å². The van der Waals surface area contributed by atoms with Crippen LogP contribution < -0.4 is 9.47 Å². The van der Waals surface area contributed by atoms with E-state index in [2.05, 4.69) is 63.0 Å². The van der Waals surface area contributed by atoms with Crippen molar-refractivity contribution in [2.75, 3.05) is 14.2 Å². The summed E-state index contributed by atoms with van der Waals surface area (Å²) in [7, 11) is 3.39. The Balaban J connectivity index is 2.49. The van der Waals surface area contributed by atoms with Crippen molar-refractivity contribution in [2.45, 2.75) is 18.7 Å². The fourth-order valence-corrected chi connectivity index (χ4v) is 3.22. The molecule has 0 amide bonds. The van der Waals surface area contributed by atoms with Crippen molar-refractivity contribution in [1.82, 2.24) is 0 Å². The second-order valence-corrected chi connectivity index (χ2v) is 6.70.